The molecule has 0 fully saturated rings. The molecular formula is C13H17N. The Morgan fingerprint density at radius 2 is 2.43 bits per heavy atom. The van der Waals surface area contributed by atoms with Crippen LogP contribution in [0.2, 0.25) is 0 Å². The molecule has 1 aromatic rings. The van der Waals surface area contributed by atoms with E-state index in [0.29, 0.717) is 0 Å². The molecule has 0 amide bonds. The Labute approximate surface area is 105 Å². The summed E-state index contributed by atoms with van der Waals surface area (Å²) in [4.78, 5) is 0.265. The summed E-state index contributed by atoms with van der Waals surface area (Å²) in [6.45, 7) is -7.10. The minimum absolute atomic E-state index is 0.265. The van der Waals surface area contributed by atoms with E-state index < -0.39 is 68.6 Å². The topological polar surface area (TPSA) is 3.24 Å². The molecule has 0 radical (unpaired) electrons. The van der Waals surface area contributed by atoms with Crippen LogP contribution in [0.1, 0.15) is 30.2 Å². The molecule has 1 atom stereocenters. The van der Waals surface area contributed by atoms with Crippen LogP contribution >= 0.6 is 0 Å². The Hall–Kier alpha value is -1.26. The van der Waals surface area contributed by atoms with E-state index in [1.807, 2.05) is 5.92 Å². The maximum Gasteiger partial charge on any atom is 0.0626 e. The molecule has 0 aliphatic rings. The van der Waals surface area contributed by atoms with Gasteiger partial charge in [-0.25, -0.2) is 0 Å². The summed E-state index contributed by atoms with van der Waals surface area (Å²) in [7, 11) is 0. The third kappa shape index (κ3) is 3.24. The molecule has 0 saturated carbocycles. The van der Waals surface area contributed by atoms with Crippen LogP contribution in [0.4, 0.5) is 0 Å². The van der Waals surface area contributed by atoms with Gasteiger partial charge in [0.1, 0.15) is 0 Å². The summed E-state index contributed by atoms with van der Waals surface area (Å²) >= 11 is 0. The van der Waals surface area contributed by atoms with Gasteiger partial charge >= 0.3 is 0 Å². The maximum absolute atomic E-state index is 8.29. The minimum atomic E-state index is -3.24. The molecular weight excluding hydrogens is 170 g/mol. The summed E-state index contributed by atoms with van der Waals surface area (Å²) in [6.07, 6.45) is 1.95. The standard InChI is InChI=1S/C13H17N/c1-4-10-14(3)12(2)11-13-8-6-5-7-9-13/h1,5-9,12H,10-11H2,2-3H3/t12-/m1/s1/i2D3,3D3,5D,6D,7D,8D,9D,11D2. The molecule has 0 spiro atoms. The zero-order valence-corrected chi connectivity index (χ0v) is 7.31. The average Bonchev–Trinajstić information content (AvgIpc) is 2.48. The van der Waals surface area contributed by atoms with Crippen molar-refractivity contribution in [1.82, 2.24) is 4.90 Å². The summed E-state index contributed by atoms with van der Waals surface area (Å²) in [6, 6.07) is -6.81. The quantitative estimate of drug-likeness (QED) is 0.673. The molecule has 14 heavy (non-hydrogen) atoms. The molecule has 0 saturated heterocycles. The summed E-state index contributed by atoms with van der Waals surface area (Å²) in [5.74, 6) is 1.96. The molecule has 0 bridgehead atoms. The Bertz CT molecular complexity index is 726. The fourth-order valence-electron chi connectivity index (χ4n) is 0.726. The van der Waals surface area contributed by atoms with E-state index in [1.54, 1.807) is 0 Å². The number of rotatable bonds is 4. The van der Waals surface area contributed by atoms with Crippen molar-refractivity contribution in [2.45, 2.75) is 19.3 Å². The first-order valence-electron chi connectivity index (χ1n) is 10.3. The van der Waals surface area contributed by atoms with Gasteiger partial charge in [0.15, 0.2) is 0 Å². The average molecular weight is 200 g/mol. The smallest absolute Gasteiger partial charge is 0.0626 e. The molecule has 1 nitrogen and oxygen atoms in total. The predicted octanol–water partition coefficient (Wildman–Crippen LogP) is 2.18. The van der Waals surface area contributed by atoms with Crippen LogP contribution in [0, 0.1) is 12.3 Å². The molecule has 1 rings (SSSR count). The maximum atomic E-state index is 8.29. The van der Waals surface area contributed by atoms with Gasteiger partial charge in [0, 0.05) is 17.0 Å². The third-order valence-electron chi connectivity index (χ3n) is 1.35. The lowest BCUT2D eigenvalue weighted by Gasteiger charge is -2.22. The second kappa shape index (κ2) is 5.47. The van der Waals surface area contributed by atoms with Crippen molar-refractivity contribution in [2.75, 3.05) is 13.5 Å². The van der Waals surface area contributed by atoms with E-state index in [-0.39, 0.29) is 4.90 Å². The highest BCUT2D eigenvalue weighted by Crippen LogP contribution is 2.06. The second-order valence-electron chi connectivity index (χ2n) is 2.38. The lowest BCUT2D eigenvalue weighted by molar-refractivity contribution is 0.287. The monoisotopic (exact) mass is 200 g/mol. The van der Waals surface area contributed by atoms with Crippen molar-refractivity contribution < 1.29 is 17.8 Å². The van der Waals surface area contributed by atoms with Crippen molar-refractivity contribution in [3.8, 4) is 12.3 Å². The second-order valence-corrected chi connectivity index (χ2v) is 2.38. The predicted molar refractivity (Wildman–Crippen MR) is 61.1 cm³/mol. The number of benzene rings is 1. The minimum Gasteiger partial charge on any atom is -0.292 e. The van der Waals surface area contributed by atoms with Crippen LogP contribution in [0.15, 0.2) is 30.2 Å². The van der Waals surface area contributed by atoms with E-state index in [2.05, 4.69) is 0 Å². The Morgan fingerprint density at radius 1 is 1.64 bits per heavy atom. The number of hydrogen-bond acceptors (Lipinski definition) is 1. The zero-order chi connectivity index (χ0) is 21.5. The van der Waals surface area contributed by atoms with Gasteiger partial charge in [-0.15, -0.1) is 6.42 Å². The van der Waals surface area contributed by atoms with Crippen molar-refractivity contribution in [3.05, 3.63) is 35.8 Å². The van der Waals surface area contributed by atoms with Crippen molar-refractivity contribution in [2.24, 2.45) is 0 Å². The van der Waals surface area contributed by atoms with E-state index in [4.69, 9.17) is 24.2 Å². The van der Waals surface area contributed by atoms with Gasteiger partial charge in [-0.2, -0.15) is 0 Å². The van der Waals surface area contributed by atoms with Gasteiger partial charge < -0.3 is 0 Å². The first kappa shape index (κ1) is 2.65. The molecule has 0 unspecified atom stereocenters. The number of terminal acetylenes is 1. The first-order valence-corrected chi connectivity index (χ1v) is 3.77. The largest absolute Gasteiger partial charge is 0.292 e. The van der Waals surface area contributed by atoms with Crippen molar-refractivity contribution >= 4 is 0 Å². The van der Waals surface area contributed by atoms with Gasteiger partial charge in [0.05, 0.1) is 13.4 Å². The van der Waals surface area contributed by atoms with Crippen LogP contribution in [-0.4, -0.2) is 24.5 Å². The van der Waals surface area contributed by atoms with Gasteiger partial charge in [-0.3, -0.25) is 4.90 Å². The Kier molecular flexibility index (Phi) is 1.03. The first-order chi connectivity index (χ1) is 12.0. The summed E-state index contributed by atoms with van der Waals surface area (Å²) in [5, 5.41) is 0. The highest BCUT2D eigenvalue weighted by atomic mass is 15.1. The van der Waals surface area contributed by atoms with Crippen molar-refractivity contribution in [3.63, 3.8) is 0 Å². The van der Waals surface area contributed by atoms with Crippen LogP contribution in [0.5, 0.6) is 0 Å². The molecule has 74 valence electrons. The fraction of sp³-hybridized carbons (Fsp3) is 0.385. The molecule has 0 N–H and O–H groups in total. The summed E-state index contributed by atoms with van der Waals surface area (Å²) in [5.41, 5.74) is -0.944. The lowest BCUT2D eigenvalue weighted by Crippen LogP contribution is -2.31. The number of hydrogen-bond donors (Lipinski definition) is 0. The molecule has 0 aliphatic heterocycles. The highest BCUT2D eigenvalue weighted by Gasteiger charge is 2.07. The third-order valence-corrected chi connectivity index (χ3v) is 1.35. The number of nitrogens with zero attached hydrogens (tertiary/aromatic N) is 1. The van der Waals surface area contributed by atoms with E-state index in [0.717, 1.165) is 0 Å². The lowest BCUT2D eigenvalue weighted by atomic mass is 10.1. The molecule has 1 aromatic carbocycles. The van der Waals surface area contributed by atoms with Crippen LogP contribution in [0.3, 0.4) is 0 Å². The van der Waals surface area contributed by atoms with Crippen molar-refractivity contribution in [1.29, 1.82) is 0 Å². The zero-order valence-electron chi connectivity index (χ0n) is 20.3. The normalized spacial score (nSPS) is 28.7. The summed E-state index contributed by atoms with van der Waals surface area (Å²) < 4.78 is 101. The van der Waals surface area contributed by atoms with Crippen LogP contribution in [-0.2, 0) is 6.37 Å². The SMILES string of the molecule is [2H]c1c([2H])c([2H])c(C([2H])([2H])[C@H](N(CC#C)C([2H])([2H])[2H])C([2H])([2H])[2H])c([2H])c1[2H]. The molecule has 1 heteroatoms. The van der Waals surface area contributed by atoms with E-state index in [9.17, 15) is 0 Å². The Balaban J connectivity index is 3.87. The van der Waals surface area contributed by atoms with E-state index >= 15 is 0 Å². The van der Waals surface area contributed by atoms with Gasteiger partial charge in [0.2, 0.25) is 0 Å². The molecule has 0 aliphatic carbocycles. The molecule has 0 heterocycles. The van der Waals surface area contributed by atoms with E-state index in [1.165, 1.54) is 0 Å². The van der Waals surface area contributed by atoms with Gasteiger partial charge in [-0.1, -0.05) is 36.1 Å². The Morgan fingerprint density at radius 3 is 3.00 bits per heavy atom. The fourth-order valence-corrected chi connectivity index (χ4v) is 0.726. The van der Waals surface area contributed by atoms with Crippen LogP contribution < -0.4 is 0 Å². The van der Waals surface area contributed by atoms with Crippen LogP contribution in [0.25, 0.3) is 0 Å². The molecule has 0 aromatic heterocycles. The van der Waals surface area contributed by atoms with Gasteiger partial charge in [-0.05, 0) is 25.8 Å². The number of likely N-dealkylation sites (N-methyl/N-ethyl adjacent to an activating group) is 1. The van der Waals surface area contributed by atoms with Gasteiger partial charge in [0.25, 0.3) is 0 Å². The highest BCUT2D eigenvalue weighted by molar-refractivity contribution is 5.15.